The minimum atomic E-state index is -0.503. The summed E-state index contributed by atoms with van der Waals surface area (Å²) in [6.07, 6.45) is 4.25. The largest absolute Gasteiger partial charge is 0.490 e. The van der Waals surface area contributed by atoms with E-state index in [4.69, 9.17) is 9.47 Å². The normalized spacial score (nSPS) is 25.1. The molecule has 0 saturated heterocycles. The van der Waals surface area contributed by atoms with Crippen molar-refractivity contribution in [3.8, 4) is 5.75 Å². The van der Waals surface area contributed by atoms with Crippen LogP contribution < -0.4 is 4.74 Å². The highest BCUT2D eigenvalue weighted by Gasteiger charge is 2.24. The van der Waals surface area contributed by atoms with Crippen LogP contribution in [0.15, 0.2) is 18.2 Å². The van der Waals surface area contributed by atoms with Crippen LogP contribution in [0.25, 0.3) is 0 Å². The fourth-order valence-electron chi connectivity index (χ4n) is 2.70. The molecule has 0 aliphatic heterocycles. The van der Waals surface area contributed by atoms with Gasteiger partial charge in [-0.15, -0.1) is 0 Å². The highest BCUT2D eigenvalue weighted by Crippen LogP contribution is 2.30. The lowest BCUT2D eigenvalue weighted by Gasteiger charge is -2.29. The van der Waals surface area contributed by atoms with Gasteiger partial charge >= 0.3 is 0 Å². The van der Waals surface area contributed by atoms with Crippen molar-refractivity contribution in [1.82, 2.24) is 0 Å². The molecule has 3 atom stereocenters. The van der Waals surface area contributed by atoms with Gasteiger partial charge in [-0.1, -0.05) is 11.6 Å². The summed E-state index contributed by atoms with van der Waals surface area (Å²) in [6, 6.07) is 5.99. The quantitative estimate of drug-likeness (QED) is 0.906. The molecule has 1 N–H and O–H groups in total. The smallest absolute Gasteiger partial charge is 0.125 e. The number of benzene rings is 1. The summed E-state index contributed by atoms with van der Waals surface area (Å²) in [7, 11) is 1.76. The van der Waals surface area contributed by atoms with Crippen molar-refractivity contribution in [1.29, 1.82) is 0 Å². The second-order valence-electron chi connectivity index (χ2n) is 5.48. The summed E-state index contributed by atoms with van der Waals surface area (Å²) in [4.78, 5) is 0. The van der Waals surface area contributed by atoms with Gasteiger partial charge in [0, 0.05) is 19.1 Å². The number of rotatable bonds is 4. The Morgan fingerprint density at radius 3 is 2.68 bits per heavy atom. The molecule has 0 amide bonds. The van der Waals surface area contributed by atoms with Gasteiger partial charge in [0.1, 0.15) is 11.9 Å². The SMILES string of the molecule is COC1CCCC(Oc2ccc(C)cc2[C@H](C)O)C1. The van der Waals surface area contributed by atoms with Crippen LogP contribution in [0.4, 0.5) is 0 Å². The van der Waals surface area contributed by atoms with Gasteiger partial charge in [-0.05, 0) is 45.2 Å². The number of aliphatic hydroxyl groups excluding tert-OH is 1. The van der Waals surface area contributed by atoms with E-state index in [1.165, 1.54) is 0 Å². The second kappa shape index (κ2) is 6.40. The molecular formula is C16H24O3. The average molecular weight is 264 g/mol. The number of methoxy groups -OCH3 is 1. The molecule has 0 bridgehead atoms. The first-order valence-corrected chi connectivity index (χ1v) is 7.08. The van der Waals surface area contributed by atoms with E-state index in [1.54, 1.807) is 14.0 Å². The monoisotopic (exact) mass is 264 g/mol. The molecule has 2 unspecified atom stereocenters. The number of hydrogen-bond acceptors (Lipinski definition) is 3. The third-order valence-corrected chi connectivity index (χ3v) is 3.82. The number of ether oxygens (including phenoxy) is 2. The molecule has 0 radical (unpaired) electrons. The summed E-state index contributed by atoms with van der Waals surface area (Å²) in [5.41, 5.74) is 2.02. The Bertz CT molecular complexity index is 414. The standard InChI is InChI=1S/C16H24O3/c1-11-7-8-16(15(9-11)12(2)17)19-14-6-4-5-13(10-14)18-3/h7-9,12-14,17H,4-6,10H2,1-3H3/t12-,13?,14?/m0/s1. The minimum Gasteiger partial charge on any atom is -0.490 e. The molecule has 3 heteroatoms. The van der Waals surface area contributed by atoms with E-state index >= 15 is 0 Å². The van der Waals surface area contributed by atoms with Crippen LogP contribution in [0.2, 0.25) is 0 Å². The van der Waals surface area contributed by atoms with Crippen LogP contribution >= 0.6 is 0 Å². The zero-order valence-electron chi connectivity index (χ0n) is 12.1. The van der Waals surface area contributed by atoms with Crippen molar-refractivity contribution < 1.29 is 14.6 Å². The first-order chi connectivity index (χ1) is 9.10. The molecular weight excluding hydrogens is 240 g/mol. The van der Waals surface area contributed by atoms with Gasteiger partial charge in [0.25, 0.3) is 0 Å². The number of aliphatic hydroxyl groups is 1. The van der Waals surface area contributed by atoms with Gasteiger partial charge in [0.2, 0.25) is 0 Å². The van der Waals surface area contributed by atoms with Gasteiger partial charge in [-0.2, -0.15) is 0 Å². The minimum absolute atomic E-state index is 0.193. The van der Waals surface area contributed by atoms with E-state index in [2.05, 4.69) is 0 Å². The molecule has 0 heterocycles. The topological polar surface area (TPSA) is 38.7 Å². The Morgan fingerprint density at radius 1 is 1.26 bits per heavy atom. The zero-order chi connectivity index (χ0) is 13.8. The molecule has 0 spiro atoms. The maximum absolute atomic E-state index is 9.85. The van der Waals surface area contributed by atoms with Gasteiger partial charge in [0.15, 0.2) is 0 Å². The molecule has 1 aliphatic rings. The summed E-state index contributed by atoms with van der Waals surface area (Å²) in [5, 5.41) is 9.85. The second-order valence-corrected chi connectivity index (χ2v) is 5.48. The van der Waals surface area contributed by atoms with E-state index in [9.17, 15) is 5.11 Å². The Kier molecular flexibility index (Phi) is 4.83. The van der Waals surface area contributed by atoms with Crippen molar-refractivity contribution in [2.75, 3.05) is 7.11 Å². The van der Waals surface area contributed by atoms with Crippen LogP contribution in [-0.4, -0.2) is 24.4 Å². The highest BCUT2D eigenvalue weighted by molar-refractivity contribution is 5.38. The molecule has 3 nitrogen and oxygen atoms in total. The highest BCUT2D eigenvalue weighted by atomic mass is 16.5. The third-order valence-electron chi connectivity index (χ3n) is 3.82. The molecule has 106 valence electrons. The van der Waals surface area contributed by atoms with E-state index in [0.717, 1.165) is 42.6 Å². The Labute approximate surface area is 115 Å². The van der Waals surface area contributed by atoms with Gasteiger partial charge in [-0.25, -0.2) is 0 Å². The van der Waals surface area contributed by atoms with E-state index in [0.29, 0.717) is 6.10 Å². The molecule has 1 aromatic rings. The van der Waals surface area contributed by atoms with Crippen molar-refractivity contribution >= 4 is 0 Å². The van der Waals surface area contributed by atoms with E-state index < -0.39 is 6.10 Å². The maximum Gasteiger partial charge on any atom is 0.125 e. The van der Waals surface area contributed by atoms with Crippen molar-refractivity contribution in [3.05, 3.63) is 29.3 Å². The zero-order valence-corrected chi connectivity index (χ0v) is 12.1. The Balaban J connectivity index is 2.10. The molecule has 0 aromatic heterocycles. The van der Waals surface area contributed by atoms with Crippen LogP contribution in [0.1, 0.15) is 49.8 Å². The molecule has 19 heavy (non-hydrogen) atoms. The Hall–Kier alpha value is -1.06. The first-order valence-electron chi connectivity index (χ1n) is 7.08. The van der Waals surface area contributed by atoms with Gasteiger partial charge in [0.05, 0.1) is 12.2 Å². The average Bonchev–Trinajstić information content (AvgIpc) is 2.41. The molecule has 1 fully saturated rings. The summed E-state index contributed by atoms with van der Waals surface area (Å²) in [5.74, 6) is 0.808. The predicted molar refractivity (Wildman–Crippen MR) is 75.5 cm³/mol. The van der Waals surface area contributed by atoms with Crippen molar-refractivity contribution in [2.45, 2.75) is 57.8 Å². The van der Waals surface area contributed by atoms with Crippen LogP contribution in [0, 0.1) is 6.92 Å². The molecule has 1 aromatic carbocycles. The predicted octanol–water partition coefficient (Wildman–Crippen LogP) is 3.38. The lowest BCUT2D eigenvalue weighted by Crippen LogP contribution is -2.29. The molecule has 1 saturated carbocycles. The van der Waals surface area contributed by atoms with Crippen molar-refractivity contribution in [3.63, 3.8) is 0 Å². The summed E-state index contributed by atoms with van der Waals surface area (Å²) in [6.45, 7) is 3.80. The van der Waals surface area contributed by atoms with E-state index in [1.807, 2.05) is 25.1 Å². The molecule has 2 rings (SSSR count). The Morgan fingerprint density at radius 2 is 2.00 bits per heavy atom. The summed E-state index contributed by atoms with van der Waals surface area (Å²) < 4.78 is 11.5. The molecule has 1 aliphatic carbocycles. The van der Waals surface area contributed by atoms with Gasteiger partial charge < -0.3 is 14.6 Å². The van der Waals surface area contributed by atoms with Crippen LogP contribution in [-0.2, 0) is 4.74 Å². The fourth-order valence-corrected chi connectivity index (χ4v) is 2.70. The third kappa shape index (κ3) is 3.71. The lowest BCUT2D eigenvalue weighted by molar-refractivity contribution is 0.0199. The number of hydrogen-bond donors (Lipinski definition) is 1. The number of aryl methyl sites for hydroxylation is 1. The van der Waals surface area contributed by atoms with E-state index in [-0.39, 0.29) is 6.10 Å². The van der Waals surface area contributed by atoms with Gasteiger partial charge in [-0.3, -0.25) is 0 Å². The maximum atomic E-state index is 9.85. The van der Waals surface area contributed by atoms with Crippen LogP contribution in [0.5, 0.6) is 5.75 Å². The fraction of sp³-hybridized carbons (Fsp3) is 0.625. The van der Waals surface area contributed by atoms with Crippen LogP contribution in [0.3, 0.4) is 0 Å². The lowest BCUT2D eigenvalue weighted by atomic mass is 9.94. The van der Waals surface area contributed by atoms with Crippen molar-refractivity contribution in [2.24, 2.45) is 0 Å². The summed E-state index contributed by atoms with van der Waals surface area (Å²) >= 11 is 0. The first kappa shape index (κ1) is 14.4.